The number of ether oxygens (including phenoxy) is 1. The molecule has 1 unspecified atom stereocenters. The van der Waals surface area contributed by atoms with Crippen LogP contribution in [0.5, 0.6) is 0 Å². The number of carbonyl (C=O) groups is 1. The lowest BCUT2D eigenvalue weighted by atomic mass is 10.1. The highest BCUT2D eigenvalue weighted by Crippen LogP contribution is 2.42. The first-order valence-electron chi connectivity index (χ1n) is 7.43. The van der Waals surface area contributed by atoms with E-state index in [1.165, 1.54) is 0 Å². The zero-order valence-corrected chi connectivity index (χ0v) is 13.1. The van der Waals surface area contributed by atoms with Crippen LogP contribution in [0.3, 0.4) is 0 Å². The summed E-state index contributed by atoms with van der Waals surface area (Å²) in [5.74, 6) is 2.48. The van der Waals surface area contributed by atoms with E-state index in [1.807, 2.05) is 16.7 Å². The Morgan fingerprint density at radius 1 is 1.52 bits per heavy atom. The van der Waals surface area contributed by atoms with Gasteiger partial charge in [0, 0.05) is 31.4 Å². The number of aromatic nitrogens is 2. The van der Waals surface area contributed by atoms with Crippen LogP contribution in [-0.4, -0.2) is 58.8 Å². The summed E-state index contributed by atoms with van der Waals surface area (Å²) in [6.07, 6.45) is 3.29. The minimum absolute atomic E-state index is 0.0693. The zero-order chi connectivity index (χ0) is 14.8. The number of amides is 1. The van der Waals surface area contributed by atoms with Gasteiger partial charge in [-0.3, -0.25) is 9.89 Å². The van der Waals surface area contributed by atoms with Crippen LogP contribution >= 0.6 is 11.8 Å². The van der Waals surface area contributed by atoms with E-state index < -0.39 is 0 Å². The van der Waals surface area contributed by atoms with Gasteiger partial charge in [-0.15, -0.1) is 0 Å². The summed E-state index contributed by atoms with van der Waals surface area (Å²) < 4.78 is 5.14. The second-order valence-electron chi connectivity index (χ2n) is 5.68. The molecule has 3 rings (SSSR count). The van der Waals surface area contributed by atoms with Crippen LogP contribution in [-0.2, 0) is 4.74 Å². The Bertz CT molecular complexity index is 509. The molecule has 0 bridgehead atoms. The second-order valence-corrected chi connectivity index (χ2v) is 6.83. The number of hydrogen-bond donors (Lipinski definition) is 2. The van der Waals surface area contributed by atoms with Crippen LogP contribution in [0.15, 0.2) is 0 Å². The molecule has 0 aromatic carbocycles. The summed E-state index contributed by atoms with van der Waals surface area (Å²) in [4.78, 5) is 14.7. The number of nitrogens with two attached hydrogens (primary N) is 1. The Morgan fingerprint density at radius 2 is 2.33 bits per heavy atom. The third-order valence-corrected chi connectivity index (χ3v) is 5.31. The lowest BCUT2D eigenvalue weighted by Gasteiger charge is -2.27. The average Bonchev–Trinajstić information content (AvgIpc) is 3.03. The molecular weight excluding hydrogens is 288 g/mol. The van der Waals surface area contributed by atoms with Gasteiger partial charge in [0.15, 0.2) is 5.69 Å². The van der Waals surface area contributed by atoms with E-state index in [-0.39, 0.29) is 11.9 Å². The van der Waals surface area contributed by atoms with Crippen molar-refractivity contribution in [2.24, 2.45) is 0 Å². The van der Waals surface area contributed by atoms with Crippen molar-refractivity contribution >= 4 is 23.4 Å². The molecule has 1 aromatic heterocycles. The lowest BCUT2D eigenvalue weighted by molar-refractivity contribution is 0.0620. The van der Waals surface area contributed by atoms with E-state index in [1.54, 1.807) is 7.11 Å². The first-order chi connectivity index (χ1) is 10.2. The predicted molar refractivity (Wildman–Crippen MR) is 83.6 cm³/mol. The van der Waals surface area contributed by atoms with Crippen LogP contribution in [0.25, 0.3) is 0 Å². The Kier molecular flexibility index (Phi) is 4.40. The number of methoxy groups -OCH3 is 1. The molecule has 0 spiro atoms. The van der Waals surface area contributed by atoms with E-state index in [0.717, 1.165) is 36.5 Å². The van der Waals surface area contributed by atoms with E-state index in [0.29, 0.717) is 30.5 Å². The van der Waals surface area contributed by atoms with Gasteiger partial charge in [0.05, 0.1) is 18.0 Å². The fraction of sp³-hybridized carbons (Fsp3) is 0.714. The molecule has 116 valence electrons. The molecule has 1 aromatic rings. The Morgan fingerprint density at radius 3 is 2.95 bits per heavy atom. The molecule has 1 aliphatic carbocycles. The highest BCUT2D eigenvalue weighted by Gasteiger charge is 2.34. The standard InChI is InChI=1S/C14H22N4O2S/c1-20-6-5-18(10-4-7-21-8-10)14(19)13-11(15)12(16-17-13)9-2-3-9/h9-10H,2-8,15H2,1H3,(H,16,17). The first-order valence-corrected chi connectivity index (χ1v) is 8.59. The van der Waals surface area contributed by atoms with Crippen molar-refractivity contribution in [1.29, 1.82) is 0 Å². The summed E-state index contributed by atoms with van der Waals surface area (Å²) in [5, 5.41) is 7.15. The van der Waals surface area contributed by atoms with Gasteiger partial charge in [-0.1, -0.05) is 0 Å². The average molecular weight is 310 g/mol. The molecule has 21 heavy (non-hydrogen) atoms. The maximum Gasteiger partial charge on any atom is 0.276 e. The lowest BCUT2D eigenvalue weighted by Crippen LogP contribution is -2.42. The molecule has 1 saturated carbocycles. The van der Waals surface area contributed by atoms with Crippen LogP contribution in [0.4, 0.5) is 5.69 Å². The number of carbonyl (C=O) groups excluding carboxylic acids is 1. The van der Waals surface area contributed by atoms with Crippen molar-refractivity contribution < 1.29 is 9.53 Å². The van der Waals surface area contributed by atoms with Crippen LogP contribution < -0.4 is 5.73 Å². The largest absolute Gasteiger partial charge is 0.395 e. The second kappa shape index (κ2) is 6.27. The van der Waals surface area contributed by atoms with Gasteiger partial charge in [-0.25, -0.2) is 0 Å². The number of nitrogens with zero attached hydrogens (tertiary/aromatic N) is 2. The van der Waals surface area contributed by atoms with Crippen LogP contribution in [0.1, 0.15) is 41.4 Å². The minimum atomic E-state index is -0.0693. The molecule has 2 heterocycles. The number of anilines is 1. The third-order valence-electron chi connectivity index (χ3n) is 4.17. The number of H-pyrrole nitrogens is 1. The molecule has 2 aliphatic rings. The van der Waals surface area contributed by atoms with E-state index in [2.05, 4.69) is 10.2 Å². The summed E-state index contributed by atoms with van der Waals surface area (Å²) in [6.45, 7) is 1.12. The van der Waals surface area contributed by atoms with E-state index >= 15 is 0 Å². The number of aromatic amines is 1. The predicted octanol–water partition coefficient (Wildman–Crippen LogP) is 1.46. The van der Waals surface area contributed by atoms with E-state index in [9.17, 15) is 4.79 Å². The molecule has 1 amide bonds. The fourth-order valence-electron chi connectivity index (χ4n) is 2.75. The highest BCUT2D eigenvalue weighted by molar-refractivity contribution is 7.99. The van der Waals surface area contributed by atoms with Gasteiger partial charge in [-0.05, 0) is 25.0 Å². The van der Waals surface area contributed by atoms with Crippen molar-refractivity contribution in [2.45, 2.75) is 31.2 Å². The van der Waals surface area contributed by atoms with Gasteiger partial charge in [0.1, 0.15) is 0 Å². The fourth-order valence-corrected chi connectivity index (χ4v) is 3.98. The van der Waals surface area contributed by atoms with Gasteiger partial charge in [0.2, 0.25) is 0 Å². The first kappa shape index (κ1) is 14.7. The summed E-state index contributed by atoms with van der Waals surface area (Å²) >= 11 is 1.89. The van der Waals surface area contributed by atoms with Gasteiger partial charge >= 0.3 is 0 Å². The number of nitrogen functional groups attached to an aromatic ring is 1. The maximum atomic E-state index is 12.8. The quantitative estimate of drug-likeness (QED) is 0.831. The van der Waals surface area contributed by atoms with Crippen molar-refractivity contribution in [3.63, 3.8) is 0 Å². The summed E-state index contributed by atoms with van der Waals surface area (Å²) in [6, 6.07) is 0.262. The number of nitrogens with one attached hydrogen (secondary N) is 1. The molecule has 7 heteroatoms. The van der Waals surface area contributed by atoms with Crippen molar-refractivity contribution in [3.05, 3.63) is 11.4 Å². The minimum Gasteiger partial charge on any atom is -0.395 e. The molecule has 2 fully saturated rings. The maximum absolute atomic E-state index is 12.8. The van der Waals surface area contributed by atoms with E-state index in [4.69, 9.17) is 10.5 Å². The summed E-state index contributed by atoms with van der Waals surface area (Å²) in [5.41, 5.74) is 7.99. The Balaban J connectivity index is 1.78. The number of thioether (sulfide) groups is 1. The van der Waals surface area contributed by atoms with Gasteiger partial charge in [0.25, 0.3) is 5.91 Å². The topological polar surface area (TPSA) is 84.2 Å². The SMILES string of the molecule is COCCN(C(=O)c1n[nH]c(C2CC2)c1N)C1CCSC1. The molecule has 1 saturated heterocycles. The summed E-state index contributed by atoms with van der Waals surface area (Å²) in [7, 11) is 1.65. The molecule has 3 N–H and O–H groups in total. The molecular formula is C14H22N4O2S. The van der Waals surface area contributed by atoms with Crippen LogP contribution in [0, 0.1) is 0 Å². The van der Waals surface area contributed by atoms with Crippen molar-refractivity contribution in [1.82, 2.24) is 15.1 Å². The van der Waals surface area contributed by atoms with Gasteiger partial charge < -0.3 is 15.4 Å². The Labute approximate surface area is 128 Å². The van der Waals surface area contributed by atoms with Crippen LogP contribution in [0.2, 0.25) is 0 Å². The highest BCUT2D eigenvalue weighted by atomic mass is 32.2. The third kappa shape index (κ3) is 3.03. The monoisotopic (exact) mass is 310 g/mol. The Hall–Kier alpha value is -1.21. The molecule has 1 atom stereocenters. The van der Waals surface area contributed by atoms with Gasteiger partial charge in [-0.2, -0.15) is 16.9 Å². The smallest absolute Gasteiger partial charge is 0.276 e. The number of hydrogen-bond acceptors (Lipinski definition) is 5. The molecule has 6 nitrogen and oxygen atoms in total. The zero-order valence-electron chi connectivity index (χ0n) is 12.3. The normalized spacial score (nSPS) is 21.7. The van der Waals surface area contributed by atoms with Crippen molar-refractivity contribution in [3.8, 4) is 0 Å². The molecule has 1 aliphatic heterocycles. The van der Waals surface area contributed by atoms with Crippen molar-refractivity contribution in [2.75, 3.05) is 37.5 Å². The number of rotatable bonds is 6. The molecule has 0 radical (unpaired) electrons.